The van der Waals surface area contributed by atoms with E-state index in [1.165, 1.54) is 12.0 Å². The molecule has 1 amide bonds. The van der Waals surface area contributed by atoms with E-state index in [-0.39, 0.29) is 5.91 Å². The topological polar surface area (TPSA) is 45.2 Å². The number of hydrogen-bond acceptors (Lipinski definition) is 4. The molecule has 1 fully saturated rings. The lowest BCUT2D eigenvalue weighted by Gasteiger charge is -2.32. The van der Waals surface area contributed by atoms with Crippen molar-refractivity contribution in [3.8, 4) is 0 Å². The molecule has 25 heavy (non-hydrogen) atoms. The number of hydrogen-bond donors (Lipinski definition) is 1. The van der Waals surface area contributed by atoms with Gasteiger partial charge in [-0.25, -0.2) is 4.98 Å². The van der Waals surface area contributed by atoms with Crippen molar-refractivity contribution in [2.24, 2.45) is 5.92 Å². The molecule has 0 bridgehead atoms. The summed E-state index contributed by atoms with van der Waals surface area (Å²) in [5, 5.41) is 6.33. The van der Waals surface area contributed by atoms with E-state index >= 15 is 0 Å². The molecule has 3 rings (SSSR count). The summed E-state index contributed by atoms with van der Waals surface area (Å²) >= 11 is 1.65. The molecule has 5 heteroatoms. The molecule has 0 unspecified atom stereocenters. The van der Waals surface area contributed by atoms with Crippen LogP contribution in [-0.4, -0.2) is 42.5 Å². The summed E-state index contributed by atoms with van der Waals surface area (Å²) in [4.78, 5) is 19.2. The van der Waals surface area contributed by atoms with Gasteiger partial charge in [0.05, 0.1) is 17.1 Å². The normalized spacial score (nSPS) is 15.5. The zero-order valence-corrected chi connectivity index (χ0v) is 15.7. The number of amides is 1. The maximum absolute atomic E-state index is 12.5. The van der Waals surface area contributed by atoms with Crippen molar-refractivity contribution < 1.29 is 4.79 Å². The fourth-order valence-electron chi connectivity index (χ4n) is 3.37. The summed E-state index contributed by atoms with van der Waals surface area (Å²) in [5.74, 6) is 0.983. The van der Waals surface area contributed by atoms with Crippen LogP contribution in [0.4, 0.5) is 0 Å². The van der Waals surface area contributed by atoms with Crippen LogP contribution in [0.3, 0.4) is 0 Å². The van der Waals surface area contributed by atoms with Crippen LogP contribution in [0.15, 0.2) is 35.7 Å². The SMILES string of the molecule is CNCCC1CCN(C(=O)Cc2csc(Cc3ccccc3)n2)CC1. The summed E-state index contributed by atoms with van der Waals surface area (Å²) < 4.78 is 0. The Morgan fingerprint density at radius 1 is 1.28 bits per heavy atom. The highest BCUT2D eigenvalue weighted by Crippen LogP contribution is 2.21. The molecule has 134 valence electrons. The zero-order valence-electron chi connectivity index (χ0n) is 14.9. The fourth-order valence-corrected chi connectivity index (χ4v) is 4.20. The van der Waals surface area contributed by atoms with Crippen LogP contribution in [0.5, 0.6) is 0 Å². The number of nitrogens with zero attached hydrogens (tertiary/aromatic N) is 2. The maximum Gasteiger partial charge on any atom is 0.228 e. The number of piperidine rings is 1. The van der Waals surface area contributed by atoms with Gasteiger partial charge in [-0.3, -0.25) is 4.79 Å². The molecule has 1 N–H and O–H groups in total. The van der Waals surface area contributed by atoms with Gasteiger partial charge in [0.15, 0.2) is 0 Å². The molecule has 1 aliphatic heterocycles. The molecule has 2 heterocycles. The van der Waals surface area contributed by atoms with Crippen LogP contribution in [0.2, 0.25) is 0 Å². The quantitative estimate of drug-likeness (QED) is 0.828. The second-order valence-electron chi connectivity index (χ2n) is 6.79. The molecule has 2 aromatic rings. The average Bonchev–Trinajstić information content (AvgIpc) is 3.08. The van der Waals surface area contributed by atoms with Gasteiger partial charge in [0.25, 0.3) is 0 Å². The molecule has 1 aromatic heterocycles. The van der Waals surface area contributed by atoms with Crippen molar-refractivity contribution >= 4 is 17.2 Å². The number of aromatic nitrogens is 1. The third-order valence-corrected chi connectivity index (χ3v) is 5.80. The van der Waals surface area contributed by atoms with Crippen molar-refractivity contribution in [2.75, 3.05) is 26.7 Å². The second kappa shape index (κ2) is 9.11. The van der Waals surface area contributed by atoms with Crippen LogP contribution >= 0.6 is 11.3 Å². The first-order valence-electron chi connectivity index (χ1n) is 9.14. The molecule has 1 aliphatic rings. The minimum Gasteiger partial charge on any atom is -0.342 e. The highest BCUT2D eigenvalue weighted by molar-refractivity contribution is 7.09. The predicted molar refractivity (Wildman–Crippen MR) is 103 cm³/mol. The number of carbonyl (C=O) groups is 1. The number of thiazole rings is 1. The van der Waals surface area contributed by atoms with Gasteiger partial charge in [-0.1, -0.05) is 30.3 Å². The van der Waals surface area contributed by atoms with E-state index in [1.54, 1.807) is 11.3 Å². The summed E-state index contributed by atoms with van der Waals surface area (Å²) in [6.45, 7) is 2.87. The van der Waals surface area contributed by atoms with Crippen molar-refractivity contribution in [2.45, 2.75) is 32.1 Å². The Kier molecular flexibility index (Phi) is 6.59. The van der Waals surface area contributed by atoms with E-state index in [2.05, 4.69) is 22.4 Å². The van der Waals surface area contributed by atoms with E-state index in [4.69, 9.17) is 0 Å². The van der Waals surface area contributed by atoms with E-state index in [0.717, 1.165) is 55.5 Å². The molecule has 4 nitrogen and oxygen atoms in total. The van der Waals surface area contributed by atoms with Crippen LogP contribution in [0.1, 0.15) is 35.5 Å². The first kappa shape index (κ1) is 18.1. The Morgan fingerprint density at radius 3 is 2.76 bits per heavy atom. The second-order valence-corrected chi connectivity index (χ2v) is 7.73. The molecule has 0 radical (unpaired) electrons. The maximum atomic E-state index is 12.5. The smallest absolute Gasteiger partial charge is 0.228 e. The Morgan fingerprint density at radius 2 is 2.04 bits per heavy atom. The van der Waals surface area contributed by atoms with Gasteiger partial charge in [0, 0.05) is 24.9 Å². The molecule has 0 aliphatic carbocycles. The molecule has 0 spiro atoms. The summed E-state index contributed by atoms with van der Waals surface area (Å²) in [6.07, 6.45) is 4.75. The van der Waals surface area contributed by atoms with Crippen molar-refractivity contribution in [3.63, 3.8) is 0 Å². The number of rotatable bonds is 7. The van der Waals surface area contributed by atoms with Gasteiger partial charge in [-0.15, -0.1) is 11.3 Å². The van der Waals surface area contributed by atoms with Gasteiger partial charge in [0.1, 0.15) is 0 Å². The van der Waals surface area contributed by atoms with Crippen LogP contribution < -0.4 is 5.32 Å². The van der Waals surface area contributed by atoms with Gasteiger partial charge in [0.2, 0.25) is 5.91 Å². The van der Waals surface area contributed by atoms with Crippen LogP contribution in [0.25, 0.3) is 0 Å². The fraction of sp³-hybridized carbons (Fsp3) is 0.500. The molecular formula is C20H27N3OS. The van der Waals surface area contributed by atoms with E-state index in [0.29, 0.717) is 6.42 Å². The Balaban J connectivity index is 1.47. The summed E-state index contributed by atoms with van der Waals surface area (Å²) in [6, 6.07) is 10.4. The number of benzene rings is 1. The predicted octanol–water partition coefficient (Wildman–Crippen LogP) is 3.12. The number of carbonyl (C=O) groups excluding carboxylic acids is 1. The van der Waals surface area contributed by atoms with E-state index in [9.17, 15) is 4.79 Å². The highest BCUT2D eigenvalue weighted by Gasteiger charge is 2.23. The molecule has 1 saturated heterocycles. The van der Waals surface area contributed by atoms with Gasteiger partial charge in [-0.05, 0) is 44.3 Å². The third-order valence-electron chi connectivity index (χ3n) is 4.90. The minimum absolute atomic E-state index is 0.226. The lowest BCUT2D eigenvalue weighted by atomic mass is 9.93. The summed E-state index contributed by atoms with van der Waals surface area (Å²) in [5.41, 5.74) is 2.18. The van der Waals surface area contributed by atoms with E-state index < -0.39 is 0 Å². The lowest BCUT2D eigenvalue weighted by Crippen LogP contribution is -2.39. The minimum atomic E-state index is 0.226. The zero-order chi connectivity index (χ0) is 17.5. The highest BCUT2D eigenvalue weighted by atomic mass is 32.1. The van der Waals surface area contributed by atoms with Crippen molar-refractivity contribution in [1.82, 2.24) is 15.2 Å². The van der Waals surface area contributed by atoms with Crippen molar-refractivity contribution in [1.29, 1.82) is 0 Å². The average molecular weight is 358 g/mol. The first-order valence-corrected chi connectivity index (χ1v) is 10.0. The van der Waals surface area contributed by atoms with E-state index in [1.807, 2.05) is 35.5 Å². The summed E-state index contributed by atoms with van der Waals surface area (Å²) in [7, 11) is 2.00. The molecule has 1 aromatic carbocycles. The standard InChI is InChI=1S/C20H27N3OS/c1-21-10-7-16-8-11-23(12-9-16)20(24)14-18-15-25-19(22-18)13-17-5-3-2-4-6-17/h2-6,15-16,21H,7-14H2,1H3. The van der Waals surface area contributed by atoms with Crippen LogP contribution in [0, 0.1) is 5.92 Å². The number of likely N-dealkylation sites (tertiary alicyclic amines) is 1. The largest absolute Gasteiger partial charge is 0.342 e. The first-order chi connectivity index (χ1) is 12.2. The molecular weight excluding hydrogens is 330 g/mol. The van der Waals surface area contributed by atoms with Crippen LogP contribution in [-0.2, 0) is 17.6 Å². The van der Waals surface area contributed by atoms with Crippen molar-refractivity contribution in [3.05, 3.63) is 52.0 Å². The Labute approximate surface area is 154 Å². The molecule has 0 saturated carbocycles. The third kappa shape index (κ3) is 5.38. The van der Waals surface area contributed by atoms with Gasteiger partial charge >= 0.3 is 0 Å². The molecule has 0 atom stereocenters. The Bertz CT molecular complexity index is 663. The number of nitrogens with one attached hydrogen (secondary N) is 1. The Hall–Kier alpha value is -1.72. The van der Waals surface area contributed by atoms with Gasteiger partial charge < -0.3 is 10.2 Å². The van der Waals surface area contributed by atoms with Gasteiger partial charge in [-0.2, -0.15) is 0 Å². The monoisotopic (exact) mass is 357 g/mol. The lowest BCUT2D eigenvalue weighted by molar-refractivity contribution is -0.131.